The van der Waals surface area contributed by atoms with Crippen molar-refractivity contribution in [1.29, 1.82) is 0 Å². The van der Waals surface area contributed by atoms with E-state index in [0.717, 1.165) is 89.4 Å². The van der Waals surface area contributed by atoms with E-state index in [0.29, 0.717) is 13.7 Å². The van der Waals surface area contributed by atoms with Crippen molar-refractivity contribution in [3.63, 3.8) is 0 Å². The standard InChI is InChI=1S/C14H36N2SeSi2.C12H32N2SeSi2.C10H26O2SeSi2.C8H22O2SeSi2/c1-11(2)15(12(3)4)18(9)17-19(10)16(13(5)6)14(7)8;1-9(2)13(10(3)4)16-15-17-14(11(5)6)12(7)8;1-9(2,3)11-14(7)13-15(8)12-10(4,5)6;1-7(2,3)9-12-11-13-10-8(4,5)6/h11-14,18-19H,1-10H3;9-12H,16-17H2,1-8H3;14-15H,1-8H3;12-13H2,1-6H3. The van der Waals surface area contributed by atoms with Crippen molar-refractivity contribution in [2.45, 2.75) is 291 Å². The Morgan fingerprint density at radius 1 is 0.359 bits per heavy atom. The third kappa shape index (κ3) is 45.4. The summed E-state index contributed by atoms with van der Waals surface area (Å²) < 4.78 is 34.9. The first-order chi connectivity index (χ1) is 28.6. The zero-order valence-electron chi connectivity index (χ0n) is 48.8. The van der Waals surface area contributed by atoms with Crippen LogP contribution in [-0.4, -0.2) is 207 Å². The quantitative estimate of drug-likeness (QED) is 0.0878. The molecule has 0 radical (unpaired) electrons. The summed E-state index contributed by atoms with van der Waals surface area (Å²) in [6.07, 6.45) is 0. The van der Waals surface area contributed by atoms with Crippen LogP contribution in [0.3, 0.4) is 0 Å². The van der Waals surface area contributed by atoms with Gasteiger partial charge in [-0.05, 0) is 0 Å². The fourth-order valence-corrected chi connectivity index (χ4v) is 87.4. The Kier molecular flexibility index (Phi) is 43.1. The van der Waals surface area contributed by atoms with Gasteiger partial charge in [-0.2, -0.15) is 0 Å². The first kappa shape index (κ1) is 74.0. The second kappa shape index (κ2) is 37.3. The predicted molar refractivity (Wildman–Crippen MR) is 321 cm³/mol. The Balaban J connectivity index is -0.000000378. The molecule has 20 heteroatoms. The van der Waals surface area contributed by atoms with Gasteiger partial charge in [-0.1, -0.05) is 0 Å². The molecule has 0 rings (SSSR count). The molecule has 0 aromatic rings. The molecule has 392 valence electrons. The SMILES string of the molecule is CC(C)(C)O[SiH2][Se][SiH2]OC(C)(C)C.CC(C)N(C(C)C)[SiH](C)[Se][SiH](C)N(C(C)C)C(C)C.CC(C)N([SiH2][Se][SiH2]N(C(C)C)C(C)C)C(C)C.C[SiH](OC(C)(C)C)[Se][SiH](C)OC(C)(C)C. The molecule has 0 aliphatic rings. The summed E-state index contributed by atoms with van der Waals surface area (Å²) in [4.78, 5) is 0. The molecular formula is C44H116N4O4Se4Si8. The molecule has 0 aromatic carbocycles. The van der Waals surface area contributed by atoms with E-state index in [1.165, 1.54) is 0 Å². The van der Waals surface area contributed by atoms with Gasteiger partial charge < -0.3 is 0 Å². The molecule has 0 aromatic heterocycles. The van der Waals surface area contributed by atoms with Gasteiger partial charge in [0.05, 0.1) is 0 Å². The van der Waals surface area contributed by atoms with Crippen LogP contribution in [0, 0.1) is 0 Å². The van der Waals surface area contributed by atoms with Gasteiger partial charge in [0.1, 0.15) is 0 Å². The summed E-state index contributed by atoms with van der Waals surface area (Å²) in [6.45, 7) is 73.2. The Hall–Kier alpha value is 3.49. The molecule has 0 aliphatic heterocycles. The van der Waals surface area contributed by atoms with E-state index in [9.17, 15) is 0 Å². The summed E-state index contributed by atoms with van der Waals surface area (Å²) in [6, 6.07) is 5.89. The maximum atomic E-state index is 6.04. The molecule has 0 saturated heterocycles. The van der Waals surface area contributed by atoms with Crippen LogP contribution in [0.15, 0.2) is 0 Å². The van der Waals surface area contributed by atoms with Crippen LogP contribution in [0.2, 0.25) is 26.2 Å². The average Bonchev–Trinajstić information content (AvgIpc) is 3.00. The van der Waals surface area contributed by atoms with Crippen LogP contribution in [-0.2, 0) is 17.7 Å². The predicted octanol–water partition coefficient (Wildman–Crippen LogP) is 5.89. The van der Waals surface area contributed by atoms with Crippen molar-refractivity contribution in [3.05, 3.63) is 0 Å². The van der Waals surface area contributed by atoms with Gasteiger partial charge in [-0.15, -0.1) is 0 Å². The van der Waals surface area contributed by atoms with Crippen molar-refractivity contribution in [2.24, 2.45) is 0 Å². The van der Waals surface area contributed by atoms with Crippen LogP contribution in [0.5, 0.6) is 0 Å². The molecule has 4 unspecified atom stereocenters. The van der Waals surface area contributed by atoms with Crippen molar-refractivity contribution >= 4 is 118 Å². The summed E-state index contributed by atoms with van der Waals surface area (Å²) in [7, 11) is -3.82. The fraction of sp³-hybridized carbons (Fsp3) is 1.00. The first-order valence-corrected chi connectivity index (χ1v) is 64.3. The molecule has 4 atom stereocenters. The van der Waals surface area contributed by atoms with Crippen molar-refractivity contribution in [3.8, 4) is 0 Å². The van der Waals surface area contributed by atoms with Crippen molar-refractivity contribution in [2.75, 3.05) is 0 Å². The van der Waals surface area contributed by atoms with Gasteiger partial charge in [0, 0.05) is 0 Å². The van der Waals surface area contributed by atoms with Crippen LogP contribution in [0.25, 0.3) is 0 Å². The molecule has 0 saturated carbocycles. The van der Waals surface area contributed by atoms with E-state index in [4.69, 9.17) is 17.7 Å². The van der Waals surface area contributed by atoms with Crippen LogP contribution >= 0.6 is 0 Å². The van der Waals surface area contributed by atoms with Gasteiger partial charge >= 0.3 is 445 Å². The molecule has 64 heavy (non-hydrogen) atoms. The van der Waals surface area contributed by atoms with Gasteiger partial charge in [0.2, 0.25) is 0 Å². The molecule has 8 nitrogen and oxygen atoms in total. The van der Waals surface area contributed by atoms with E-state index in [1.54, 1.807) is 0 Å². The molecule has 0 N–H and O–H groups in total. The monoisotopic (exact) mass is 1310 g/mol. The Bertz CT molecular complexity index is 1000. The number of rotatable bonds is 24. The summed E-state index contributed by atoms with van der Waals surface area (Å²) in [5, 5.41) is 0. The first-order valence-electron chi connectivity index (χ1n) is 24.7. The van der Waals surface area contributed by atoms with E-state index in [2.05, 4.69) is 238 Å². The van der Waals surface area contributed by atoms with Gasteiger partial charge in [0.15, 0.2) is 0 Å². The van der Waals surface area contributed by atoms with Crippen LogP contribution in [0.4, 0.5) is 0 Å². The minimum atomic E-state index is -0.975. The van der Waals surface area contributed by atoms with Crippen molar-refractivity contribution in [1.82, 2.24) is 18.3 Å². The Morgan fingerprint density at radius 2 is 0.609 bits per heavy atom. The third-order valence-corrected chi connectivity index (χ3v) is 82.0. The van der Waals surface area contributed by atoms with E-state index < -0.39 is 30.4 Å². The summed E-state index contributed by atoms with van der Waals surface area (Å²) in [5.41, 5.74) is 0.209. The third-order valence-electron chi connectivity index (χ3n) is 9.33. The summed E-state index contributed by atoms with van der Waals surface area (Å²) >= 11 is 3.23. The molecule has 0 spiro atoms. The Morgan fingerprint density at radius 3 is 0.797 bits per heavy atom. The second-order valence-corrected chi connectivity index (χ2v) is 86.8. The average molecular weight is 1310 g/mol. The minimum absolute atomic E-state index is 0.0310. The van der Waals surface area contributed by atoms with Crippen molar-refractivity contribution < 1.29 is 17.7 Å². The fourth-order valence-electron chi connectivity index (χ4n) is 7.13. The van der Waals surface area contributed by atoms with E-state index in [-0.39, 0.29) is 55.7 Å². The molecule has 0 bridgehead atoms. The topological polar surface area (TPSA) is 49.9 Å². The number of nitrogens with zero attached hydrogens (tertiary/aromatic N) is 4. The molecule has 0 heterocycles. The normalized spacial score (nSPS) is 15.9. The molecule has 0 amide bonds. The summed E-state index contributed by atoms with van der Waals surface area (Å²) in [5.74, 6) is 0. The number of hydrogen-bond acceptors (Lipinski definition) is 8. The zero-order valence-corrected chi connectivity index (χ0v) is 65.9. The number of hydrogen-bond donors (Lipinski definition) is 0. The van der Waals surface area contributed by atoms with E-state index >= 15 is 0 Å². The zero-order chi connectivity index (χ0) is 51.7. The van der Waals surface area contributed by atoms with Crippen LogP contribution in [0.1, 0.15) is 194 Å². The maximum absolute atomic E-state index is 6.04. The second-order valence-electron chi connectivity index (χ2n) is 23.2. The van der Waals surface area contributed by atoms with Gasteiger partial charge in [0.25, 0.3) is 0 Å². The van der Waals surface area contributed by atoms with Gasteiger partial charge in [-0.25, -0.2) is 0 Å². The van der Waals surface area contributed by atoms with E-state index in [1.807, 2.05) is 0 Å². The molecule has 0 aliphatic carbocycles. The Labute approximate surface area is 441 Å². The van der Waals surface area contributed by atoms with Gasteiger partial charge in [-0.3, -0.25) is 0 Å². The molecule has 0 fully saturated rings. The molecular weight excluding hydrogens is 1190 g/mol. The van der Waals surface area contributed by atoms with Crippen LogP contribution < -0.4 is 0 Å².